The first kappa shape index (κ1) is 14.8. The number of alkyl halides is 3. The van der Waals surface area contributed by atoms with Gasteiger partial charge in [-0.15, -0.1) is 0 Å². The fourth-order valence-corrected chi connectivity index (χ4v) is 2.21. The van der Waals surface area contributed by atoms with Gasteiger partial charge in [0.2, 0.25) is 0 Å². The molecule has 3 aromatic rings. The largest absolute Gasteiger partial charge is 0.416 e. The Balaban J connectivity index is 2.12. The van der Waals surface area contributed by atoms with E-state index in [1.807, 2.05) is 6.07 Å². The van der Waals surface area contributed by atoms with E-state index < -0.39 is 11.7 Å². The van der Waals surface area contributed by atoms with Crippen LogP contribution in [0.2, 0.25) is 0 Å². The molecule has 0 N–H and O–H groups in total. The number of fused-ring (bicyclic) bond motifs is 1. The first-order valence-corrected chi connectivity index (χ1v) is 6.55. The third-order valence-electron chi connectivity index (χ3n) is 3.35. The van der Waals surface area contributed by atoms with E-state index in [0.717, 1.165) is 12.1 Å². The van der Waals surface area contributed by atoms with E-state index in [1.165, 1.54) is 29.4 Å². The fourth-order valence-electron chi connectivity index (χ4n) is 2.21. The zero-order valence-corrected chi connectivity index (χ0v) is 11.9. The Bertz CT molecular complexity index is 907. The normalized spacial score (nSPS) is 11.4. The molecule has 0 atom stereocenters. The predicted molar refractivity (Wildman–Crippen MR) is 77.2 cm³/mol. The third-order valence-corrected chi connectivity index (χ3v) is 3.35. The molecule has 0 amide bonds. The van der Waals surface area contributed by atoms with Gasteiger partial charge in [0.15, 0.2) is 17.2 Å². The fraction of sp³-hybridized carbons (Fsp3) is 0.133. The molecule has 0 radical (unpaired) electrons. The van der Waals surface area contributed by atoms with Crippen LogP contribution in [0.25, 0.3) is 5.65 Å². The number of halogens is 3. The number of imidazole rings is 1. The van der Waals surface area contributed by atoms with Crippen molar-refractivity contribution in [1.29, 1.82) is 5.26 Å². The minimum absolute atomic E-state index is 0.143. The topological polar surface area (TPSA) is 57.2 Å². The summed E-state index contributed by atoms with van der Waals surface area (Å²) < 4.78 is 40.2. The molecule has 0 aliphatic heterocycles. The van der Waals surface area contributed by atoms with Crippen LogP contribution >= 0.6 is 0 Å². The molecule has 0 saturated heterocycles. The molecule has 0 saturated carbocycles. The SMILES string of the molecule is CN(c1cccc(C(F)(F)F)c1)c1nc(C#N)cn2ccnc12. The summed E-state index contributed by atoms with van der Waals surface area (Å²) in [6.07, 6.45) is 0.246. The van der Waals surface area contributed by atoms with Crippen molar-refractivity contribution < 1.29 is 13.2 Å². The van der Waals surface area contributed by atoms with Crippen molar-refractivity contribution >= 4 is 17.2 Å². The van der Waals surface area contributed by atoms with Crippen LogP contribution in [0.3, 0.4) is 0 Å². The Morgan fingerprint density at radius 3 is 2.78 bits per heavy atom. The Morgan fingerprint density at radius 1 is 1.30 bits per heavy atom. The summed E-state index contributed by atoms with van der Waals surface area (Å²) in [6.45, 7) is 0. The highest BCUT2D eigenvalue weighted by molar-refractivity contribution is 5.72. The lowest BCUT2D eigenvalue weighted by molar-refractivity contribution is -0.137. The molecule has 0 bridgehead atoms. The highest BCUT2D eigenvalue weighted by Crippen LogP contribution is 2.33. The lowest BCUT2D eigenvalue weighted by Gasteiger charge is -2.20. The molecule has 5 nitrogen and oxygen atoms in total. The minimum Gasteiger partial charge on any atom is -0.326 e. The average Bonchev–Trinajstić information content (AvgIpc) is 3.01. The van der Waals surface area contributed by atoms with Crippen LogP contribution in [-0.2, 0) is 6.18 Å². The second-order valence-electron chi connectivity index (χ2n) is 4.83. The van der Waals surface area contributed by atoms with Gasteiger partial charge in [0, 0.05) is 31.3 Å². The van der Waals surface area contributed by atoms with Gasteiger partial charge < -0.3 is 9.30 Å². The van der Waals surface area contributed by atoms with Gasteiger partial charge in [-0.3, -0.25) is 0 Å². The highest BCUT2D eigenvalue weighted by atomic mass is 19.4. The number of nitrogens with zero attached hydrogens (tertiary/aromatic N) is 5. The summed E-state index contributed by atoms with van der Waals surface area (Å²) >= 11 is 0. The molecule has 0 aliphatic rings. The summed E-state index contributed by atoms with van der Waals surface area (Å²) in [7, 11) is 1.58. The molecule has 0 spiro atoms. The monoisotopic (exact) mass is 317 g/mol. The lowest BCUT2D eigenvalue weighted by Crippen LogP contribution is -2.15. The maximum Gasteiger partial charge on any atom is 0.416 e. The number of rotatable bonds is 2. The molecule has 0 unspecified atom stereocenters. The third kappa shape index (κ3) is 2.68. The number of benzene rings is 1. The maximum atomic E-state index is 12.9. The van der Waals surface area contributed by atoms with E-state index >= 15 is 0 Å². The second kappa shape index (κ2) is 5.28. The van der Waals surface area contributed by atoms with Crippen molar-refractivity contribution in [3.05, 3.63) is 54.1 Å². The smallest absolute Gasteiger partial charge is 0.326 e. The van der Waals surface area contributed by atoms with E-state index in [1.54, 1.807) is 17.6 Å². The van der Waals surface area contributed by atoms with Crippen LogP contribution in [0.5, 0.6) is 0 Å². The predicted octanol–water partition coefficient (Wildman–Crippen LogP) is 3.39. The first-order chi connectivity index (χ1) is 10.9. The molecule has 2 aromatic heterocycles. The Morgan fingerprint density at radius 2 is 2.09 bits per heavy atom. The molecule has 1 aromatic carbocycles. The number of nitriles is 1. The van der Waals surface area contributed by atoms with E-state index in [0.29, 0.717) is 17.2 Å². The van der Waals surface area contributed by atoms with Crippen LogP contribution in [0.1, 0.15) is 11.3 Å². The van der Waals surface area contributed by atoms with Gasteiger partial charge in [0.05, 0.1) is 5.56 Å². The van der Waals surface area contributed by atoms with E-state index in [-0.39, 0.29) is 5.69 Å². The Kier molecular flexibility index (Phi) is 3.41. The lowest BCUT2D eigenvalue weighted by atomic mass is 10.2. The van der Waals surface area contributed by atoms with Crippen molar-refractivity contribution in [2.45, 2.75) is 6.18 Å². The van der Waals surface area contributed by atoms with Gasteiger partial charge in [-0.25, -0.2) is 9.97 Å². The summed E-state index contributed by atoms with van der Waals surface area (Å²) in [6, 6.07) is 6.82. The molecular weight excluding hydrogens is 307 g/mol. The van der Waals surface area contributed by atoms with Crippen molar-refractivity contribution in [2.75, 3.05) is 11.9 Å². The molecular formula is C15H10F3N5. The zero-order valence-electron chi connectivity index (χ0n) is 11.9. The minimum atomic E-state index is -4.43. The van der Waals surface area contributed by atoms with Crippen molar-refractivity contribution in [1.82, 2.24) is 14.4 Å². The van der Waals surface area contributed by atoms with Crippen LogP contribution < -0.4 is 4.90 Å². The van der Waals surface area contributed by atoms with Crippen molar-refractivity contribution in [2.24, 2.45) is 0 Å². The van der Waals surface area contributed by atoms with Gasteiger partial charge in [-0.05, 0) is 18.2 Å². The average molecular weight is 317 g/mol. The van der Waals surface area contributed by atoms with Gasteiger partial charge in [-0.1, -0.05) is 6.07 Å². The molecule has 3 rings (SSSR count). The van der Waals surface area contributed by atoms with E-state index in [9.17, 15) is 13.2 Å². The Hall–Kier alpha value is -3.08. The van der Waals surface area contributed by atoms with Crippen LogP contribution in [0, 0.1) is 11.3 Å². The highest BCUT2D eigenvalue weighted by Gasteiger charge is 2.30. The standard InChI is InChI=1S/C15H10F3N5/c1-22(12-4-2-3-10(7-12)15(16,17)18)14-13-20-5-6-23(13)9-11(8-19)21-14/h2-7,9H,1H3. The molecule has 2 heterocycles. The molecule has 8 heteroatoms. The van der Waals surface area contributed by atoms with Crippen molar-refractivity contribution in [3.63, 3.8) is 0 Å². The van der Waals surface area contributed by atoms with E-state index in [4.69, 9.17) is 5.26 Å². The maximum absolute atomic E-state index is 12.9. The molecule has 0 aliphatic carbocycles. The van der Waals surface area contributed by atoms with Gasteiger partial charge >= 0.3 is 6.18 Å². The van der Waals surface area contributed by atoms with Crippen LogP contribution in [0.4, 0.5) is 24.7 Å². The van der Waals surface area contributed by atoms with Crippen LogP contribution in [0.15, 0.2) is 42.9 Å². The Labute approximate surface area is 129 Å². The summed E-state index contributed by atoms with van der Waals surface area (Å²) in [5.74, 6) is 0.299. The van der Waals surface area contributed by atoms with E-state index in [2.05, 4.69) is 9.97 Å². The van der Waals surface area contributed by atoms with Crippen LogP contribution in [-0.4, -0.2) is 21.4 Å². The summed E-state index contributed by atoms with van der Waals surface area (Å²) in [5, 5.41) is 9.05. The first-order valence-electron chi connectivity index (χ1n) is 6.55. The number of aromatic nitrogens is 3. The second-order valence-corrected chi connectivity index (χ2v) is 4.83. The van der Waals surface area contributed by atoms with Gasteiger partial charge in [0.1, 0.15) is 6.07 Å². The number of anilines is 2. The van der Waals surface area contributed by atoms with Gasteiger partial charge in [0.25, 0.3) is 0 Å². The number of hydrogen-bond acceptors (Lipinski definition) is 4. The molecule has 0 fully saturated rings. The summed E-state index contributed by atoms with van der Waals surface area (Å²) in [5.41, 5.74) is 0.137. The van der Waals surface area contributed by atoms with Gasteiger partial charge in [-0.2, -0.15) is 18.4 Å². The van der Waals surface area contributed by atoms with Crippen molar-refractivity contribution in [3.8, 4) is 6.07 Å². The molecule has 116 valence electrons. The quantitative estimate of drug-likeness (QED) is 0.727. The summed E-state index contributed by atoms with van der Waals surface area (Å²) in [4.78, 5) is 9.77. The zero-order chi connectivity index (χ0) is 16.6. The molecule has 23 heavy (non-hydrogen) atoms. The number of hydrogen-bond donors (Lipinski definition) is 0.